The molecule has 6 fully saturated rings. The second-order valence-corrected chi connectivity index (χ2v) is 15.3. The fourth-order valence-electron chi connectivity index (χ4n) is 10.9. The summed E-state index contributed by atoms with van der Waals surface area (Å²) >= 11 is 0. The zero-order chi connectivity index (χ0) is 26.8. The highest BCUT2D eigenvalue weighted by Gasteiger charge is 2.90. The Morgan fingerprint density at radius 1 is 0.711 bits per heavy atom. The van der Waals surface area contributed by atoms with Gasteiger partial charge in [-0.05, 0) is 95.3 Å². The van der Waals surface area contributed by atoms with Crippen molar-refractivity contribution >= 4 is 23.7 Å². The number of fused-ring (bicyclic) bond motifs is 2. The van der Waals surface area contributed by atoms with Gasteiger partial charge in [-0.2, -0.15) is 0 Å². The van der Waals surface area contributed by atoms with Gasteiger partial charge in [0, 0.05) is 22.0 Å². The molecule has 8 atom stereocenters. The number of carbonyl (C=O) groups excluding carboxylic acids is 2. The Balaban J connectivity index is 1.07. The Bertz CT molecular complexity index is 1180. The first-order chi connectivity index (χ1) is 18.0. The van der Waals surface area contributed by atoms with Crippen LogP contribution in [0.5, 0.6) is 0 Å². The number of rotatable bonds is 10. The van der Waals surface area contributed by atoms with E-state index in [0.29, 0.717) is 47.1 Å². The van der Waals surface area contributed by atoms with Gasteiger partial charge in [-0.25, -0.2) is 0 Å². The highest BCUT2D eigenvalue weighted by Crippen LogP contribution is 2.91. The zero-order valence-corrected chi connectivity index (χ0v) is 24.4. The molecule has 0 aliphatic heterocycles. The topological polar surface area (TPSA) is 34.1 Å². The molecule has 6 saturated carbocycles. The monoisotopic (exact) mass is 510 g/mol. The first-order valence-corrected chi connectivity index (χ1v) is 15.7. The molecule has 6 aliphatic rings. The van der Waals surface area contributed by atoms with Gasteiger partial charge in [-0.3, -0.25) is 9.59 Å². The molecule has 0 N–H and O–H groups in total. The molecule has 38 heavy (non-hydrogen) atoms. The maximum Gasteiger partial charge on any atom is 0.166 e. The lowest BCUT2D eigenvalue weighted by molar-refractivity contribution is -0.122. The van der Waals surface area contributed by atoms with Crippen LogP contribution in [0.2, 0.25) is 0 Å². The van der Waals surface area contributed by atoms with Crippen molar-refractivity contribution < 1.29 is 9.59 Å². The van der Waals surface area contributed by atoms with Crippen LogP contribution >= 0.6 is 0 Å². The summed E-state index contributed by atoms with van der Waals surface area (Å²) in [6.45, 7) is 13.9. The van der Waals surface area contributed by atoms with Gasteiger partial charge < -0.3 is 0 Å². The van der Waals surface area contributed by atoms with E-state index in [4.69, 9.17) is 0 Å². The quantitative estimate of drug-likeness (QED) is 0.295. The number of hydrogen-bond acceptors (Lipinski definition) is 2. The molecule has 7 rings (SSSR count). The smallest absolute Gasteiger partial charge is 0.166 e. The molecular weight excluding hydrogens is 464 g/mol. The Morgan fingerprint density at radius 2 is 1.08 bits per heavy atom. The summed E-state index contributed by atoms with van der Waals surface area (Å²) in [6.07, 6.45) is 13.8. The minimum atomic E-state index is -0.0473. The van der Waals surface area contributed by atoms with E-state index in [1.54, 1.807) is 0 Å². The molecule has 0 saturated heterocycles. The third-order valence-corrected chi connectivity index (χ3v) is 13.2. The van der Waals surface area contributed by atoms with Gasteiger partial charge >= 0.3 is 0 Å². The zero-order valence-electron chi connectivity index (χ0n) is 24.4. The average molecular weight is 511 g/mol. The number of carbonyl (C=O) groups is 2. The van der Waals surface area contributed by atoms with Crippen molar-refractivity contribution in [3.8, 4) is 0 Å². The van der Waals surface area contributed by atoms with E-state index in [2.05, 4.69) is 78.0 Å². The van der Waals surface area contributed by atoms with Crippen molar-refractivity contribution in [2.45, 2.75) is 92.9 Å². The van der Waals surface area contributed by atoms with Crippen molar-refractivity contribution in [1.29, 1.82) is 0 Å². The van der Waals surface area contributed by atoms with E-state index in [0.717, 1.165) is 35.1 Å². The molecule has 2 heteroatoms. The lowest BCUT2D eigenvalue weighted by atomic mass is 9.70. The number of benzene rings is 1. The van der Waals surface area contributed by atoms with Gasteiger partial charge in [0.1, 0.15) is 0 Å². The molecule has 0 heterocycles. The fourth-order valence-corrected chi connectivity index (χ4v) is 10.9. The fraction of sp³-hybridized carbons (Fsp3) is 0.667. The lowest BCUT2D eigenvalue weighted by Crippen LogP contribution is -2.29. The SMILES string of the molecule is CC(C)CCCC12C(=O)/C(=C/c3ccc(/C=C4/C(=O)C5(CCCC(C)C)C6CC4C65C)cc3)C3CC1C32C. The molecule has 8 unspecified atom stereocenters. The normalized spacial score (nSPS) is 45.1. The third-order valence-electron chi connectivity index (χ3n) is 13.2. The molecule has 0 aromatic heterocycles. The molecule has 202 valence electrons. The second kappa shape index (κ2) is 7.82. The lowest BCUT2D eigenvalue weighted by Gasteiger charge is -2.33. The van der Waals surface area contributed by atoms with E-state index >= 15 is 0 Å². The molecule has 0 spiro atoms. The van der Waals surface area contributed by atoms with Gasteiger partial charge in [0.25, 0.3) is 0 Å². The van der Waals surface area contributed by atoms with E-state index in [1.165, 1.54) is 38.5 Å². The van der Waals surface area contributed by atoms with Gasteiger partial charge in [-0.15, -0.1) is 0 Å². The van der Waals surface area contributed by atoms with Crippen molar-refractivity contribution in [2.75, 3.05) is 0 Å². The van der Waals surface area contributed by atoms with Crippen molar-refractivity contribution in [3.63, 3.8) is 0 Å². The first-order valence-electron chi connectivity index (χ1n) is 15.7. The largest absolute Gasteiger partial charge is 0.294 e. The molecule has 2 nitrogen and oxygen atoms in total. The molecule has 0 bridgehead atoms. The highest BCUT2D eigenvalue weighted by molar-refractivity contribution is 6.13. The van der Waals surface area contributed by atoms with Crippen LogP contribution in [0.3, 0.4) is 0 Å². The number of ketones is 2. The van der Waals surface area contributed by atoms with Crippen LogP contribution in [-0.4, -0.2) is 11.6 Å². The van der Waals surface area contributed by atoms with Gasteiger partial charge in [0.2, 0.25) is 0 Å². The maximum absolute atomic E-state index is 13.7. The standard InChI is InChI=1S/C36H46O2/c1-21(2)9-7-15-35-29-19-27(33(29,35)5)25(31(35)37)17-23-11-13-24(14-12-23)18-26-28-20-30-34(28,6)36(30,32(26)38)16-8-10-22(3)4/h11-14,17-18,21-22,27-30H,7-10,15-16,19-20H2,1-6H3/b25-17+,26-18+. The van der Waals surface area contributed by atoms with Crippen LogP contribution < -0.4 is 0 Å². The Labute approximate surface area is 229 Å². The van der Waals surface area contributed by atoms with Crippen LogP contribution in [0.4, 0.5) is 0 Å². The van der Waals surface area contributed by atoms with Crippen LogP contribution in [0.1, 0.15) is 104 Å². The highest BCUT2D eigenvalue weighted by atomic mass is 16.1. The van der Waals surface area contributed by atoms with Gasteiger partial charge in [-0.1, -0.05) is 91.5 Å². The summed E-state index contributed by atoms with van der Waals surface area (Å²) < 4.78 is 0. The summed E-state index contributed by atoms with van der Waals surface area (Å²) in [6, 6.07) is 8.63. The van der Waals surface area contributed by atoms with Crippen LogP contribution in [0.25, 0.3) is 12.2 Å². The minimum absolute atomic E-state index is 0.0473. The van der Waals surface area contributed by atoms with E-state index in [1.807, 2.05) is 0 Å². The van der Waals surface area contributed by atoms with Crippen molar-refractivity contribution in [3.05, 3.63) is 46.5 Å². The molecule has 6 aliphatic carbocycles. The van der Waals surface area contributed by atoms with E-state index in [9.17, 15) is 9.59 Å². The predicted octanol–water partition coefficient (Wildman–Crippen LogP) is 8.56. The van der Waals surface area contributed by atoms with Crippen LogP contribution in [-0.2, 0) is 9.59 Å². The first kappa shape index (κ1) is 25.0. The third kappa shape index (κ3) is 2.76. The summed E-state index contributed by atoms with van der Waals surface area (Å²) in [5, 5.41) is 0. The van der Waals surface area contributed by atoms with Crippen molar-refractivity contribution in [1.82, 2.24) is 0 Å². The van der Waals surface area contributed by atoms with E-state index in [-0.39, 0.29) is 21.7 Å². The van der Waals surface area contributed by atoms with Gasteiger partial charge in [0.05, 0.1) is 0 Å². The summed E-state index contributed by atoms with van der Waals surface area (Å²) in [5.41, 5.74) is 4.82. The summed E-state index contributed by atoms with van der Waals surface area (Å²) in [4.78, 5) is 27.3. The number of hydrogen-bond donors (Lipinski definition) is 0. The number of allylic oxidation sites excluding steroid dienone is 2. The Hall–Kier alpha value is -1.96. The van der Waals surface area contributed by atoms with Gasteiger partial charge in [0.15, 0.2) is 11.6 Å². The molecular formula is C36H46O2. The Morgan fingerprint density at radius 3 is 1.42 bits per heavy atom. The van der Waals surface area contributed by atoms with Crippen LogP contribution in [0, 0.1) is 57.2 Å². The second-order valence-electron chi connectivity index (χ2n) is 15.3. The molecule has 0 amide bonds. The number of Topliss-reactive ketones (excluding diaryl/α,β-unsaturated/α-hetero) is 2. The minimum Gasteiger partial charge on any atom is -0.294 e. The summed E-state index contributed by atoms with van der Waals surface area (Å²) in [7, 11) is 0. The van der Waals surface area contributed by atoms with Crippen LogP contribution in [0.15, 0.2) is 35.4 Å². The molecule has 0 radical (unpaired) electrons. The van der Waals surface area contributed by atoms with Crippen molar-refractivity contribution in [2.24, 2.45) is 57.2 Å². The maximum atomic E-state index is 13.7. The Kier molecular flexibility index (Phi) is 5.15. The van der Waals surface area contributed by atoms with E-state index < -0.39 is 0 Å². The summed E-state index contributed by atoms with van der Waals surface area (Å²) in [5.74, 6) is 4.54. The predicted molar refractivity (Wildman–Crippen MR) is 154 cm³/mol. The average Bonchev–Trinajstić information content (AvgIpc) is 3.41. The molecule has 1 aromatic rings. The molecule has 1 aromatic carbocycles.